The number of nitrogens with zero attached hydrogens (tertiary/aromatic N) is 3. The average Bonchev–Trinajstić information content (AvgIpc) is 3.20. The van der Waals surface area contributed by atoms with E-state index in [-0.39, 0.29) is 5.91 Å². The summed E-state index contributed by atoms with van der Waals surface area (Å²) >= 11 is 3.51. The summed E-state index contributed by atoms with van der Waals surface area (Å²) in [6.07, 6.45) is 1.46. The number of fused-ring (bicyclic) bond motifs is 1. The lowest BCUT2D eigenvalue weighted by molar-refractivity contribution is -0.113. The molecular weight excluding hydrogens is 450 g/mol. The summed E-state index contributed by atoms with van der Waals surface area (Å²) in [6, 6.07) is 12.6. The van der Waals surface area contributed by atoms with Gasteiger partial charge in [-0.2, -0.15) is 10.1 Å². The average molecular weight is 470 g/mol. The fourth-order valence-corrected chi connectivity index (χ4v) is 3.89. The third-order valence-electron chi connectivity index (χ3n) is 4.86. The molecule has 1 amide bonds. The van der Waals surface area contributed by atoms with Crippen LogP contribution in [0, 0.1) is 0 Å². The van der Waals surface area contributed by atoms with E-state index >= 15 is 0 Å². The zero-order chi connectivity index (χ0) is 21.3. The van der Waals surface area contributed by atoms with Crippen LogP contribution in [-0.2, 0) is 4.79 Å². The minimum atomic E-state index is -0.446. The van der Waals surface area contributed by atoms with Crippen molar-refractivity contribution in [3.63, 3.8) is 0 Å². The maximum absolute atomic E-state index is 13.5. The fourth-order valence-electron chi connectivity index (χ4n) is 3.47. The largest absolute Gasteiger partial charge is 0.497 e. The van der Waals surface area contributed by atoms with Crippen molar-refractivity contribution in [1.82, 2.24) is 14.8 Å². The maximum Gasteiger partial charge on any atom is 0.255 e. The van der Waals surface area contributed by atoms with Crippen molar-refractivity contribution in [1.29, 1.82) is 0 Å². The van der Waals surface area contributed by atoms with Gasteiger partial charge in [-0.3, -0.25) is 4.79 Å². The van der Waals surface area contributed by atoms with Crippen molar-refractivity contribution in [3.05, 3.63) is 70.1 Å². The number of nitrogens with one attached hydrogen (secondary N) is 2. The van der Waals surface area contributed by atoms with E-state index in [2.05, 4.69) is 36.6 Å². The first kappa shape index (κ1) is 20.0. The van der Waals surface area contributed by atoms with E-state index in [9.17, 15) is 4.79 Å². The van der Waals surface area contributed by atoms with Crippen LogP contribution in [0.4, 0.5) is 11.6 Å². The topological polar surface area (TPSA) is 90.3 Å². The monoisotopic (exact) mass is 469 g/mol. The Labute approximate surface area is 182 Å². The molecule has 8 nitrogen and oxygen atoms in total. The minimum Gasteiger partial charge on any atom is -0.497 e. The van der Waals surface area contributed by atoms with E-state index in [1.54, 1.807) is 37.1 Å². The minimum absolute atomic E-state index is 0.280. The Bertz CT molecular complexity index is 1140. The lowest BCUT2D eigenvalue weighted by atomic mass is 9.95. The number of amides is 1. The van der Waals surface area contributed by atoms with Gasteiger partial charge in [0.1, 0.15) is 23.9 Å². The van der Waals surface area contributed by atoms with Crippen LogP contribution in [0.25, 0.3) is 0 Å². The van der Waals surface area contributed by atoms with Crippen LogP contribution in [0.3, 0.4) is 0 Å². The van der Waals surface area contributed by atoms with Crippen molar-refractivity contribution in [2.24, 2.45) is 0 Å². The van der Waals surface area contributed by atoms with Gasteiger partial charge in [-0.05, 0) is 36.8 Å². The Morgan fingerprint density at radius 3 is 2.77 bits per heavy atom. The molecular formula is C21H20BrN5O3. The SMILES string of the molecule is COc1ccc(OC)c(NC(=O)C2=C(C)Nc3ncnn3[C@@H]2c2cccc(Br)c2)c1. The molecule has 1 aliphatic rings. The third kappa shape index (κ3) is 3.63. The van der Waals surface area contributed by atoms with Gasteiger partial charge in [-0.1, -0.05) is 28.1 Å². The Kier molecular flexibility index (Phi) is 5.45. The van der Waals surface area contributed by atoms with Gasteiger partial charge in [0.25, 0.3) is 5.91 Å². The Balaban J connectivity index is 1.77. The second-order valence-corrected chi connectivity index (χ2v) is 7.59. The molecule has 1 aliphatic heterocycles. The summed E-state index contributed by atoms with van der Waals surface area (Å²) in [5.41, 5.74) is 2.63. The number of rotatable bonds is 5. The molecule has 0 spiro atoms. The first-order valence-corrected chi connectivity index (χ1v) is 9.97. The number of ether oxygens (including phenoxy) is 2. The molecule has 2 heterocycles. The summed E-state index contributed by atoms with van der Waals surface area (Å²) in [6.45, 7) is 1.85. The number of halogens is 1. The normalized spacial score (nSPS) is 15.3. The Morgan fingerprint density at radius 1 is 1.20 bits per heavy atom. The molecule has 9 heteroatoms. The molecule has 154 valence electrons. The summed E-state index contributed by atoms with van der Waals surface area (Å²) in [5.74, 6) is 1.44. The van der Waals surface area contributed by atoms with Crippen LogP contribution in [0.15, 0.2) is 64.5 Å². The van der Waals surface area contributed by atoms with Crippen LogP contribution in [-0.4, -0.2) is 34.9 Å². The van der Waals surface area contributed by atoms with Crippen LogP contribution in [0.1, 0.15) is 18.5 Å². The number of carbonyl (C=O) groups excluding carboxylic acids is 1. The highest BCUT2D eigenvalue weighted by molar-refractivity contribution is 9.10. The molecule has 0 radical (unpaired) electrons. The summed E-state index contributed by atoms with van der Waals surface area (Å²) in [4.78, 5) is 17.7. The summed E-state index contributed by atoms with van der Waals surface area (Å²) < 4.78 is 13.3. The number of benzene rings is 2. The lowest BCUT2D eigenvalue weighted by Gasteiger charge is -2.29. The van der Waals surface area contributed by atoms with Crippen LogP contribution in [0.5, 0.6) is 11.5 Å². The zero-order valence-corrected chi connectivity index (χ0v) is 18.2. The van der Waals surface area contributed by atoms with Gasteiger partial charge in [0, 0.05) is 16.2 Å². The number of aromatic nitrogens is 3. The van der Waals surface area contributed by atoms with Gasteiger partial charge in [0.15, 0.2) is 0 Å². The number of hydrogen-bond acceptors (Lipinski definition) is 6. The number of anilines is 2. The quantitative estimate of drug-likeness (QED) is 0.587. The molecule has 0 saturated carbocycles. The van der Waals surface area contributed by atoms with Crippen LogP contribution >= 0.6 is 15.9 Å². The van der Waals surface area contributed by atoms with Gasteiger partial charge >= 0.3 is 0 Å². The Morgan fingerprint density at radius 2 is 2.03 bits per heavy atom. The molecule has 1 aromatic heterocycles. The number of hydrogen-bond donors (Lipinski definition) is 2. The van der Waals surface area contributed by atoms with Crippen LogP contribution in [0.2, 0.25) is 0 Å². The van der Waals surface area contributed by atoms with Crippen molar-refractivity contribution >= 4 is 33.5 Å². The third-order valence-corrected chi connectivity index (χ3v) is 5.35. The van der Waals surface area contributed by atoms with Gasteiger partial charge in [0.2, 0.25) is 5.95 Å². The molecule has 2 N–H and O–H groups in total. The molecule has 0 bridgehead atoms. The van der Waals surface area contributed by atoms with E-state index < -0.39 is 6.04 Å². The molecule has 0 saturated heterocycles. The predicted molar refractivity (Wildman–Crippen MR) is 117 cm³/mol. The van der Waals surface area contributed by atoms with Crippen molar-refractivity contribution in [3.8, 4) is 11.5 Å². The first-order valence-electron chi connectivity index (χ1n) is 9.18. The Hall–Kier alpha value is -3.33. The smallest absolute Gasteiger partial charge is 0.255 e. The number of carbonyl (C=O) groups is 1. The zero-order valence-electron chi connectivity index (χ0n) is 16.6. The molecule has 1 atom stereocenters. The van der Waals surface area contributed by atoms with Crippen molar-refractivity contribution in [2.45, 2.75) is 13.0 Å². The maximum atomic E-state index is 13.5. The molecule has 4 rings (SSSR count). The van der Waals surface area contributed by atoms with Gasteiger partial charge in [0.05, 0.1) is 25.5 Å². The van der Waals surface area contributed by atoms with Crippen molar-refractivity contribution < 1.29 is 14.3 Å². The van der Waals surface area contributed by atoms with E-state index in [4.69, 9.17) is 9.47 Å². The highest BCUT2D eigenvalue weighted by Crippen LogP contribution is 2.37. The second-order valence-electron chi connectivity index (χ2n) is 6.67. The fraction of sp³-hybridized carbons (Fsp3) is 0.190. The summed E-state index contributed by atoms with van der Waals surface area (Å²) in [7, 11) is 3.12. The first-order chi connectivity index (χ1) is 14.5. The molecule has 0 fully saturated rings. The molecule has 30 heavy (non-hydrogen) atoms. The second kappa shape index (κ2) is 8.19. The molecule has 3 aromatic rings. The molecule has 2 aromatic carbocycles. The molecule has 0 aliphatic carbocycles. The van der Waals surface area contributed by atoms with E-state index in [0.29, 0.717) is 34.4 Å². The lowest BCUT2D eigenvalue weighted by Crippen LogP contribution is -2.31. The van der Waals surface area contributed by atoms with E-state index in [1.165, 1.54) is 6.33 Å². The van der Waals surface area contributed by atoms with Crippen LogP contribution < -0.4 is 20.1 Å². The standard InChI is InChI=1S/C21H20BrN5O3/c1-12-18(20(28)26-16-10-15(29-2)7-8-17(16)30-3)19(13-5-4-6-14(22)9-13)27-21(25-12)23-11-24-27/h4-11,19H,1-3H3,(H,26,28)(H,23,24,25)/t19-/m1/s1. The van der Waals surface area contributed by atoms with Gasteiger partial charge in [-0.25, -0.2) is 4.68 Å². The van der Waals surface area contributed by atoms with E-state index in [1.807, 2.05) is 31.2 Å². The van der Waals surface area contributed by atoms with Gasteiger partial charge < -0.3 is 20.1 Å². The highest BCUT2D eigenvalue weighted by atomic mass is 79.9. The van der Waals surface area contributed by atoms with Gasteiger partial charge in [-0.15, -0.1) is 0 Å². The molecule has 0 unspecified atom stereocenters. The number of methoxy groups -OCH3 is 2. The highest BCUT2D eigenvalue weighted by Gasteiger charge is 2.33. The van der Waals surface area contributed by atoms with Crippen molar-refractivity contribution in [2.75, 3.05) is 24.9 Å². The summed E-state index contributed by atoms with van der Waals surface area (Å²) in [5, 5.41) is 10.5. The predicted octanol–water partition coefficient (Wildman–Crippen LogP) is 3.99. The van der Waals surface area contributed by atoms with E-state index in [0.717, 1.165) is 10.0 Å². The number of allylic oxidation sites excluding steroid dienone is 1.